The van der Waals surface area contributed by atoms with Crippen LogP contribution in [0, 0.1) is 0 Å². The molecule has 148 valence electrons. The summed E-state index contributed by atoms with van der Waals surface area (Å²) in [6.45, 7) is 0.533. The first-order valence-electron chi connectivity index (χ1n) is 8.52. The maximum absolute atomic E-state index is 13.0. The number of pyridine rings is 1. The minimum atomic E-state index is -0.787. The summed E-state index contributed by atoms with van der Waals surface area (Å²) in [6, 6.07) is 4.98. The zero-order chi connectivity index (χ0) is 20.7. The molecule has 1 aliphatic rings. The second-order valence-electron chi connectivity index (χ2n) is 6.87. The minimum absolute atomic E-state index is 0.113. The third-order valence-electron chi connectivity index (χ3n) is 4.70. The zero-order valence-electron chi connectivity index (χ0n) is 15.6. The van der Waals surface area contributed by atoms with Gasteiger partial charge < -0.3 is 19.5 Å². The third kappa shape index (κ3) is 3.47. The number of fused-ring (bicyclic) bond motifs is 1. The fraction of sp³-hybridized carbons (Fsp3) is 0.316. The van der Waals surface area contributed by atoms with E-state index >= 15 is 0 Å². The van der Waals surface area contributed by atoms with Gasteiger partial charge in [0.15, 0.2) is 5.75 Å². The van der Waals surface area contributed by atoms with E-state index in [1.54, 1.807) is 32.3 Å². The molecule has 0 radical (unpaired) electrons. The number of halogens is 2. The number of carbonyl (C=O) groups excluding carboxylic acids is 2. The van der Waals surface area contributed by atoms with Crippen LogP contribution in [0.1, 0.15) is 32.0 Å². The van der Waals surface area contributed by atoms with E-state index in [4.69, 9.17) is 23.2 Å². The van der Waals surface area contributed by atoms with Gasteiger partial charge in [-0.15, -0.1) is 0 Å². The Balaban J connectivity index is 2.07. The van der Waals surface area contributed by atoms with E-state index in [1.165, 1.54) is 16.8 Å². The molecule has 9 heteroatoms. The van der Waals surface area contributed by atoms with E-state index < -0.39 is 23.1 Å². The average molecular weight is 424 g/mol. The molecule has 0 spiro atoms. The molecule has 2 heterocycles. The van der Waals surface area contributed by atoms with Gasteiger partial charge in [-0.25, -0.2) is 0 Å². The summed E-state index contributed by atoms with van der Waals surface area (Å²) in [5.74, 6) is -1.56. The molecule has 2 amide bonds. The van der Waals surface area contributed by atoms with Crippen molar-refractivity contribution in [2.75, 3.05) is 20.6 Å². The van der Waals surface area contributed by atoms with Gasteiger partial charge >= 0.3 is 0 Å². The number of hydrogen-bond acceptors (Lipinski definition) is 4. The normalized spacial score (nSPS) is 13.5. The Hall–Kier alpha value is -2.51. The molecule has 0 aliphatic carbocycles. The van der Waals surface area contributed by atoms with Crippen molar-refractivity contribution in [1.82, 2.24) is 14.4 Å². The monoisotopic (exact) mass is 423 g/mol. The van der Waals surface area contributed by atoms with Crippen LogP contribution in [0.5, 0.6) is 5.75 Å². The Kier molecular flexibility index (Phi) is 5.41. The number of rotatable bonds is 3. The Morgan fingerprint density at radius 3 is 2.36 bits per heavy atom. The highest BCUT2D eigenvalue weighted by Gasteiger charge is 2.34. The second-order valence-corrected chi connectivity index (χ2v) is 7.74. The number of carbonyl (C=O) groups is 2. The maximum Gasteiger partial charge on any atom is 0.293 e. The predicted molar refractivity (Wildman–Crippen MR) is 106 cm³/mol. The van der Waals surface area contributed by atoms with Crippen molar-refractivity contribution in [3.05, 3.63) is 61.0 Å². The van der Waals surface area contributed by atoms with Crippen LogP contribution in [0.2, 0.25) is 10.0 Å². The number of amides is 2. The summed E-state index contributed by atoms with van der Waals surface area (Å²) in [5, 5.41) is 11.3. The van der Waals surface area contributed by atoms with Crippen LogP contribution in [-0.2, 0) is 20.0 Å². The molecule has 3 rings (SSSR count). The molecular weight excluding hydrogens is 405 g/mol. The van der Waals surface area contributed by atoms with Gasteiger partial charge in [0.1, 0.15) is 5.69 Å². The number of nitrogens with zero attached hydrogens (tertiary/aromatic N) is 3. The molecule has 0 fully saturated rings. The highest BCUT2D eigenvalue weighted by Crippen LogP contribution is 2.29. The average Bonchev–Trinajstić information content (AvgIpc) is 2.61. The molecule has 1 N–H and O–H groups in total. The molecule has 0 saturated heterocycles. The lowest BCUT2D eigenvalue weighted by molar-refractivity contribution is 0.0720. The van der Waals surface area contributed by atoms with Gasteiger partial charge in [-0.2, -0.15) is 0 Å². The van der Waals surface area contributed by atoms with Gasteiger partial charge in [-0.05, 0) is 30.2 Å². The van der Waals surface area contributed by atoms with Crippen molar-refractivity contribution in [3.8, 4) is 5.75 Å². The lowest BCUT2D eigenvalue weighted by atomic mass is 9.95. The Labute approximate surface area is 171 Å². The lowest BCUT2D eigenvalue weighted by Gasteiger charge is -2.31. The van der Waals surface area contributed by atoms with Crippen molar-refractivity contribution in [2.24, 2.45) is 7.05 Å². The quantitative estimate of drug-likeness (QED) is 0.820. The van der Waals surface area contributed by atoms with Gasteiger partial charge in [0.2, 0.25) is 0 Å². The van der Waals surface area contributed by atoms with Crippen LogP contribution in [0.3, 0.4) is 0 Å². The first kappa shape index (κ1) is 20.2. The predicted octanol–water partition coefficient (Wildman–Crippen LogP) is 2.30. The molecular formula is C19H19Cl2N3O4. The molecule has 28 heavy (non-hydrogen) atoms. The van der Waals surface area contributed by atoms with E-state index in [-0.39, 0.29) is 17.8 Å². The van der Waals surface area contributed by atoms with Gasteiger partial charge in [-0.3, -0.25) is 14.4 Å². The van der Waals surface area contributed by atoms with E-state index in [9.17, 15) is 19.5 Å². The third-order valence-corrected chi connectivity index (χ3v) is 5.14. The molecule has 0 atom stereocenters. The van der Waals surface area contributed by atoms with Crippen LogP contribution in [0.15, 0.2) is 23.0 Å². The van der Waals surface area contributed by atoms with E-state index in [0.717, 1.165) is 10.1 Å². The highest BCUT2D eigenvalue weighted by atomic mass is 35.5. The first-order chi connectivity index (χ1) is 13.1. The van der Waals surface area contributed by atoms with Crippen molar-refractivity contribution in [3.63, 3.8) is 0 Å². The van der Waals surface area contributed by atoms with Gasteiger partial charge in [0.05, 0.1) is 5.56 Å². The number of benzene rings is 1. The summed E-state index contributed by atoms with van der Waals surface area (Å²) >= 11 is 12.0. The Morgan fingerprint density at radius 2 is 1.79 bits per heavy atom. The number of aromatic hydroxyl groups is 1. The van der Waals surface area contributed by atoms with Crippen LogP contribution in [-0.4, -0.2) is 51.9 Å². The first-order valence-corrected chi connectivity index (χ1v) is 9.28. The number of aromatic nitrogens is 1. The van der Waals surface area contributed by atoms with Gasteiger partial charge in [0, 0.05) is 49.8 Å². The van der Waals surface area contributed by atoms with Crippen LogP contribution < -0.4 is 5.56 Å². The Bertz CT molecular complexity index is 1030. The van der Waals surface area contributed by atoms with Gasteiger partial charge in [-0.1, -0.05) is 23.2 Å². The van der Waals surface area contributed by atoms with E-state index in [1.807, 2.05) is 0 Å². The standard InChI is InChI=1S/C19H19Cl2N3O4/c1-22(2)18(27)15-13-4-5-24(9-10-6-11(20)8-12(21)7-10)17(26)14(13)16(25)19(28)23(15)3/h6-8,25H,4-5,9H2,1-3H3. The molecule has 0 unspecified atom stereocenters. The van der Waals surface area contributed by atoms with Crippen molar-refractivity contribution < 1.29 is 14.7 Å². The lowest BCUT2D eigenvalue weighted by Crippen LogP contribution is -2.42. The van der Waals surface area contributed by atoms with E-state index in [0.29, 0.717) is 28.6 Å². The number of hydrogen-bond donors (Lipinski definition) is 1. The minimum Gasteiger partial charge on any atom is -0.502 e. The van der Waals surface area contributed by atoms with Crippen molar-refractivity contribution in [2.45, 2.75) is 13.0 Å². The maximum atomic E-state index is 13.0. The molecule has 1 aromatic heterocycles. The van der Waals surface area contributed by atoms with Crippen molar-refractivity contribution in [1.29, 1.82) is 0 Å². The van der Waals surface area contributed by atoms with Crippen LogP contribution in [0.4, 0.5) is 0 Å². The topological polar surface area (TPSA) is 82.9 Å². The van der Waals surface area contributed by atoms with E-state index in [2.05, 4.69) is 0 Å². The zero-order valence-corrected chi connectivity index (χ0v) is 17.1. The molecule has 1 aromatic carbocycles. The molecule has 1 aliphatic heterocycles. The highest BCUT2D eigenvalue weighted by molar-refractivity contribution is 6.34. The summed E-state index contributed by atoms with van der Waals surface area (Å²) in [5.41, 5.74) is 0.310. The summed E-state index contributed by atoms with van der Waals surface area (Å²) in [7, 11) is 4.53. The molecule has 0 bridgehead atoms. The molecule has 0 saturated carbocycles. The Morgan fingerprint density at radius 1 is 1.18 bits per heavy atom. The largest absolute Gasteiger partial charge is 0.502 e. The molecule has 7 nitrogen and oxygen atoms in total. The summed E-state index contributed by atoms with van der Waals surface area (Å²) in [4.78, 5) is 40.9. The smallest absolute Gasteiger partial charge is 0.293 e. The second kappa shape index (κ2) is 7.48. The van der Waals surface area contributed by atoms with Crippen molar-refractivity contribution >= 4 is 35.0 Å². The molecule has 2 aromatic rings. The SMILES string of the molecule is CN(C)C(=O)c1c2c(c(O)c(=O)n1C)C(=O)N(Cc1cc(Cl)cc(Cl)c1)CC2. The van der Waals surface area contributed by atoms with Gasteiger partial charge in [0.25, 0.3) is 17.4 Å². The summed E-state index contributed by atoms with van der Waals surface area (Å²) < 4.78 is 1.09. The van der Waals surface area contributed by atoms with Crippen LogP contribution in [0.25, 0.3) is 0 Å². The van der Waals surface area contributed by atoms with Crippen LogP contribution >= 0.6 is 23.2 Å². The fourth-order valence-electron chi connectivity index (χ4n) is 3.37. The fourth-order valence-corrected chi connectivity index (χ4v) is 3.94. The summed E-state index contributed by atoms with van der Waals surface area (Å²) in [6.07, 6.45) is 0.325.